The number of halogens is 4. The van der Waals surface area contributed by atoms with Crippen LogP contribution in [0.4, 0.5) is 29.5 Å². The summed E-state index contributed by atoms with van der Waals surface area (Å²) in [5, 5.41) is -0.293. The number of piperazine rings is 1. The second-order valence-corrected chi connectivity index (χ2v) is 10.1. The molecular weight excluding hydrogens is 499 g/mol. The molecule has 0 bridgehead atoms. The Bertz CT molecular complexity index is 1170. The smallest absolute Gasteiger partial charge is 0.416 e. The van der Waals surface area contributed by atoms with Crippen LogP contribution in [0.5, 0.6) is 0 Å². The lowest BCUT2D eigenvalue weighted by Gasteiger charge is -2.35. The minimum absolute atomic E-state index is 0.0294. The summed E-state index contributed by atoms with van der Waals surface area (Å²) in [6.07, 6.45) is -5.13. The van der Waals surface area contributed by atoms with E-state index >= 15 is 0 Å². The number of amides is 1. The highest BCUT2D eigenvalue weighted by molar-refractivity contribution is 7.89. The molecule has 0 saturated carbocycles. The molecule has 4 rings (SSSR count). The van der Waals surface area contributed by atoms with Gasteiger partial charge in [0.25, 0.3) is 0 Å². The predicted octanol–water partition coefficient (Wildman–Crippen LogP) is 2.55. The molecule has 1 unspecified atom stereocenters. The minimum atomic E-state index is -4.57. The van der Waals surface area contributed by atoms with Crippen LogP contribution in [0.25, 0.3) is 0 Å². The Morgan fingerprint density at radius 3 is 2.35 bits per heavy atom. The zero-order valence-corrected chi connectivity index (χ0v) is 19.3. The molecule has 2 N–H and O–H groups in total. The Balaban J connectivity index is 1.46. The molecule has 0 radical (unpaired) electrons. The number of hydrogen-bond acceptors (Lipinski definition) is 7. The van der Waals surface area contributed by atoms with Gasteiger partial charge >= 0.3 is 12.3 Å². The lowest BCUT2D eigenvalue weighted by Crippen LogP contribution is -2.49. The third-order valence-electron chi connectivity index (χ3n) is 5.66. The average molecular weight is 520 g/mol. The second kappa shape index (κ2) is 9.21. The summed E-state index contributed by atoms with van der Waals surface area (Å²) in [6.45, 7) is 0.730. The molecule has 1 atom stereocenters. The monoisotopic (exact) mass is 519 g/mol. The van der Waals surface area contributed by atoms with E-state index in [9.17, 15) is 26.4 Å². The van der Waals surface area contributed by atoms with Crippen LogP contribution in [0.15, 0.2) is 41.3 Å². The van der Waals surface area contributed by atoms with E-state index in [4.69, 9.17) is 22.1 Å². The molecule has 34 heavy (non-hydrogen) atoms. The number of alkyl halides is 3. The number of sulfonamides is 1. The van der Waals surface area contributed by atoms with Crippen molar-refractivity contribution in [3.63, 3.8) is 0 Å². The van der Waals surface area contributed by atoms with Gasteiger partial charge in [0.05, 0.1) is 16.5 Å². The van der Waals surface area contributed by atoms with Crippen LogP contribution >= 0.6 is 11.6 Å². The molecular formula is C20H21ClF3N5O4S. The number of rotatable bonds is 5. The predicted molar refractivity (Wildman–Crippen MR) is 118 cm³/mol. The van der Waals surface area contributed by atoms with Crippen molar-refractivity contribution in [2.75, 3.05) is 49.1 Å². The highest BCUT2D eigenvalue weighted by Gasteiger charge is 2.35. The maximum absolute atomic E-state index is 13.1. The van der Waals surface area contributed by atoms with Gasteiger partial charge < -0.3 is 15.4 Å². The van der Waals surface area contributed by atoms with Crippen molar-refractivity contribution in [1.82, 2.24) is 9.29 Å². The number of ether oxygens (including phenoxy) is 1. The van der Waals surface area contributed by atoms with E-state index in [-0.39, 0.29) is 61.2 Å². The van der Waals surface area contributed by atoms with Crippen LogP contribution in [-0.2, 0) is 20.9 Å². The first kappa shape index (κ1) is 24.5. The largest absolute Gasteiger partial charge is 0.447 e. The van der Waals surface area contributed by atoms with Crippen molar-refractivity contribution in [1.29, 1.82) is 0 Å². The molecule has 1 amide bonds. The van der Waals surface area contributed by atoms with Crippen LogP contribution in [0, 0.1) is 0 Å². The summed E-state index contributed by atoms with van der Waals surface area (Å²) < 4.78 is 71.7. The molecule has 14 heteroatoms. The first-order valence-corrected chi connectivity index (χ1v) is 12.1. The van der Waals surface area contributed by atoms with Gasteiger partial charge in [-0.15, -0.1) is 0 Å². The maximum Gasteiger partial charge on any atom is 0.416 e. The Morgan fingerprint density at radius 1 is 1.12 bits per heavy atom. The summed E-state index contributed by atoms with van der Waals surface area (Å²) in [7, 11) is -3.86. The number of carbonyl (C=O) groups excluding carboxylic acids is 1. The van der Waals surface area contributed by atoms with Crippen LogP contribution in [-0.4, -0.2) is 69.2 Å². The summed E-state index contributed by atoms with van der Waals surface area (Å²) in [5.41, 5.74) is 5.21. The molecule has 9 nitrogen and oxygen atoms in total. The van der Waals surface area contributed by atoms with Gasteiger partial charge in [0, 0.05) is 38.4 Å². The maximum atomic E-state index is 13.1. The number of nitrogens with zero attached hydrogens (tertiary/aromatic N) is 4. The number of aromatic nitrogens is 1. The van der Waals surface area contributed by atoms with Crippen molar-refractivity contribution in [2.24, 2.45) is 5.73 Å². The van der Waals surface area contributed by atoms with Gasteiger partial charge in [0.1, 0.15) is 17.6 Å². The van der Waals surface area contributed by atoms with E-state index in [0.29, 0.717) is 5.69 Å². The van der Waals surface area contributed by atoms with Gasteiger partial charge in [-0.05, 0) is 36.4 Å². The molecule has 2 aliphatic rings. The van der Waals surface area contributed by atoms with Crippen molar-refractivity contribution in [3.05, 3.63) is 47.1 Å². The van der Waals surface area contributed by atoms with E-state index in [1.165, 1.54) is 33.5 Å². The first-order chi connectivity index (χ1) is 16.0. The summed E-state index contributed by atoms with van der Waals surface area (Å²) in [6, 6.07) is 7.11. The van der Waals surface area contributed by atoms with Gasteiger partial charge in [-0.3, -0.25) is 4.90 Å². The van der Waals surface area contributed by atoms with Crippen molar-refractivity contribution in [2.45, 2.75) is 17.1 Å². The fourth-order valence-corrected chi connectivity index (χ4v) is 5.47. The van der Waals surface area contributed by atoms with Crippen molar-refractivity contribution < 1.29 is 31.1 Å². The Kier molecular flexibility index (Phi) is 6.64. The van der Waals surface area contributed by atoms with E-state index in [1.54, 1.807) is 4.90 Å². The van der Waals surface area contributed by atoms with Gasteiger partial charge in [0.15, 0.2) is 0 Å². The van der Waals surface area contributed by atoms with E-state index < -0.39 is 27.9 Å². The number of nitrogens with two attached hydrogens (primary N) is 1. The molecule has 0 aliphatic carbocycles. The highest BCUT2D eigenvalue weighted by Crippen LogP contribution is 2.33. The van der Waals surface area contributed by atoms with Crippen molar-refractivity contribution in [3.8, 4) is 0 Å². The Hall–Kier alpha value is -2.61. The van der Waals surface area contributed by atoms with Crippen LogP contribution in [0.1, 0.15) is 5.56 Å². The standard InChI is InChI=1S/C20H21ClF3N5O4S/c21-17-9-13(20(22,23)24)10-18(26-17)27-5-7-28(8-6-27)34(31,32)16-3-1-14(2-4-16)29-15(11-25)12-33-19(29)30/h1-4,9-10,15H,5-8,11-12,25H2. The normalized spacial score (nSPS) is 20.0. The van der Waals surface area contributed by atoms with Gasteiger partial charge in [-0.2, -0.15) is 17.5 Å². The number of pyridine rings is 1. The topological polar surface area (TPSA) is 109 Å². The zero-order valence-electron chi connectivity index (χ0n) is 17.7. The third-order valence-corrected chi connectivity index (χ3v) is 7.76. The van der Waals surface area contributed by atoms with E-state index in [1.807, 2.05) is 0 Å². The highest BCUT2D eigenvalue weighted by atomic mass is 35.5. The number of anilines is 2. The number of cyclic esters (lactones) is 1. The molecule has 2 aromatic rings. The average Bonchev–Trinajstić information content (AvgIpc) is 3.18. The number of hydrogen-bond donors (Lipinski definition) is 1. The lowest BCUT2D eigenvalue weighted by atomic mass is 10.2. The molecule has 1 aromatic carbocycles. The molecule has 184 valence electrons. The third kappa shape index (κ3) is 4.78. The quantitative estimate of drug-likeness (QED) is 0.605. The summed E-state index contributed by atoms with van der Waals surface area (Å²) in [4.78, 5) is 18.9. The molecule has 3 heterocycles. The Labute approximate surface area is 198 Å². The fraction of sp³-hybridized carbons (Fsp3) is 0.400. The van der Waals surface area contributed by atoms with E-state index in [2.05, 4.69) is 4.98 Å². The van der Waals surface area contributed by atoms with Crippen LogP contribution in [0.3, 0.4) is 0 Å². The number of benzene rings is 1. The minimum Gasteiger partial charge on any atom is -0.447 e. The molecule has 2 aliphatic heterocycles. The number of carbonyl (C=O) groups is 1. The summed E-state index contributed by atoms with van der Waals surface area (Å²) in [5.74, 6) is 0.0354. The molecule has 2 fully saturated rings. The fourth-order valence-electron chi connectivity index (χ4n) is 3.84. The second-order valence-electron chi connectivity index (χ2n) is 7.76. The molecule has 1 aromatic heterocycles. The Morgan fingerprint density at radius 2 is 1.76 bits per heavy atom. The lowest BCUT2D eigenvalue weighted by molar-refractivity contribution is -0.137. The van der Waals surface area contributed by atoms with Crippen LogP contribution < -0.4 is 15.5 Å². The van der Waals surface area contributed by atoms with Gasteiger partial charge in [-0.25, -0.2) is 18.2 Å². The van der Waals surface area contributed by atoms with Gasteiger partial charge in [0.2, 0.25) is 10.0 Å². The SMILES string of the molecule is NCC1COC(=O)N1c1ccc(S(=O)(=O)N2CCN(c3cc(C(F)(F)F)cc(Cl)n3)CC2)cc1. The molecule has 0 spiro atoms. The molecule has 2 saturated heterocycles. The van der Waals surface area contributed by atoms with Crippen molar-refractivity contribution >= 4 is 39.2 Å². The van der Waals surface area contributed by atoms with Crippen LogP contribution in [0.2, 0.25) is 5.15 Å². The van der Waals surface area contributed by atoms with E-state index in [0.717, 1.165) is 12.1 Å². The zero-order chi connectivity index (χ0) is 24.7. The van der Waals surface area contributed by atoms with Gasteiger partial charge in [-0.1, -0.05) is 11.6 Å². The first-order valence-electron chi connectivity index (χ1n) is 10.3. The summed E-state index contributed by atoms with van der Waals surface area (Å²) >= 11 is 5.76.